The van der Waals surface area contributed by atoms with E-state index in [0.717, 1.165) is 5.69 Å². The van der Waals surface area contributed by atoms with E-state index in [0.29, 0.717) is 11.3 Å². The zero-order valence-electron chi connectivity index (χ0n) is 20.2. The molecule has 1 atom stereocenters. The fourth-order valence-corrected chi connectivity index (χ4v) is 4.68. The second kappa shape index (κ2) is 12.4. The number of carboxylic acids is 1. The summed E-state index contributed by atoms with van der Waals surface area (Å²) in [4.78, 5) is 25.7. The number of ether oxygens (including phenoxy) is 1. The Balaban J connectivity index is 0.00000456. The van der Waals surface area contributed by atoms with Crippen molar-refractivity contribution in [3.05, 3.63) is 84.4 Å². The standard InChI is InChI=1S/C25H26N2O7S.Na/c1-27(2)20-12-8-18(9-13-20)23(28)26-19-10-14-22(15-11-19)35(32,33)17-25(31,24(29)30)16-34-21-6-4-3-5-7-21;/h3-15,31H,16-17H2,1-2H3,(H,26,28)(H,29,30);/q;+1/p-1. The quantitative estimate of drug-likeness (QED) is 0.304. The molecule has 0 radical (unpaired) electrons. The Labute approximate surface area is 231 Å². The van der Waals surface area contributed by atoms with Crippen molar-refractivity contribution in [1.29, 1.82) is 0 Å². The van der Waals surface area contributed by atoms with Gasteiger partial charge in [0.05, 0.1) is 16.6 Å². The fraction of sp³-hybridized carbons (Fsp3) is 0.200. The monoisotopic (exact) mass is 520 g/mol. The second-order valence-corrected chi connectivity index (χ2v) is 10.1. The maximum absolute atomic E-state index is 12.8. The molecule has 0 aliphatic carbocycles. The number of aliphatic carboxylic acids is 1. The van der Waals surface area contributed by atoms with Crippen molar-refractivity contribution in [2.75, 3.05) is 36.7 Å². The number of carboxylic acid groups (broad SMARTS) is 1. The van der Waals surface area contributed by atoms with Crippen LogP contribution in [0.3, 0.4) is 0 Å². The van der Waals surface area contributed by atoms with Crippen LogP contribution in [0.2, 0.25) is 0 Å². The van der Waals surface area contributed by atoms with E-state index in [1.807, 2.05) is 19.0 Å². The summed E-state index contributed by atoms with van der Waals surface area (Å²) in [5.41, 5.74) is -1.08. The minimum Gasteiger partial charge on any atom is -0.547 e. The topological polar surface area (TPSA) is 136 Å². The van der Waals surface area contributed by atoms with Gasteiger partial charge in [-0.3, -0.25) is 4.79 Å². The van der Waals surface area contributed by atoms with Gasteiger partial charge in [-0.15, -0.1) is 0 Å². The molecule has 0 saturated heterocycles. The van der Waals surface area contributed by atoms with E-state index in [4.69, 9.17) is 4.74 Å². The van der Waals surface area contributed by atoms with Gasteiger partial charge >= 0.3 is 29.6 Å². The summed E-state index contributed by atoms with van der Waals surface area (Å²) in [7, 11) is -0.478. The van der Waals surface area contributed by atoms with Gasteiger partial charge in [0.1, 0.15) is 12.4 Å². The number of rotatable bonds is 10. The Morgan fingerprint density at radius 2 is 1.56 bits per heavy atom. The number of benzene rings is 3. The summed E-state index contributed by atoms with van der Waals surface area (Å²) in [5.74, 6) is -3.24. The first kappa shape index (κ1) is 29.3. The van der Waals surface area contributed by atoms with E-state index in [9.17, 15) is 28.2 Å². The molecule has 1 amide bonds. The van der Waals surface area contributed by atoms with Crippen molar-refractivity contribution in [3.63, 3.8) is 0 Å². The number of carbonyl (C=O) groups excluding carboxylic acids is 2. The molecule has 184 valence electrons. The molecule has 0 fully saturated rings. The molecule has 0 aliphatic rings. The molecule has 0 heterocycles. The Kier molecular flexibility index (Phi) is 10.1. The van der Waals surface area contributed by atoms with Crippen molar-refractivity contribution in [3.8, 4) is 5.75 Å². The Morgan fingerprint density at radius 1 is 0.972 bits per heavy atom. The third-order valence-corrected chi connectivity index (χ3v) is 6.99. The maximum Gasteiger partial charge on any atom is 1.00 e. The van der Waals surface area contributed by atoms with Gasteiger partial charge in [-0.2, -0.15) is 0 Å². The number of hydrogen-bond acceptors (Lipinski definition) is 8. The Hall–Kier alpha value is -2.89. The van der Waals surface area contributed by atoms with Crippen LogP contribution in [-0.2, 0) is 14.6 Å². The number of aliphatic hydroxyl groups is 1. The molecular weight excluding hydrogens is 495 g/mol. The summed E-state index contributed by atoms with van der Waals surface area (Å²) in [6.45, 7) is -0.820. The van der Waals surface area contributed by atoms with Crippen LogP contribution in [-0.4, -0.2) is 57.5 Å². The average molecular weight is 521 g/mol. The van der Waals surface area contributed by atoms with E-state index < -0.39 is 33.8 Å². The van der Waals surface area contributed by atoms with Crippen molar-refractivity contribution in [2.45, 2.75) is 10.5 Å². The molecule has 36 heavy (non-hydrogen) atoms. The molecule has 1 unspecified atom stereocenters. The molecule has 0 aromatic heterocycles. The van der Waals surface area contributed by atoms with Gasteiger partial charge in [-0.25, -0.2) is 8.42 Å². The molecule has 9 nitrogen and oxygen atoms in total. The third kappa shape index (κ3) is 7.55. The first-order valence-electron chi connectivity index (χ1n) is 10.5. The van der Waals surface area contributed by atoms with Gasteiger partial charge in [0, 0.05) is 31.0 Å². The van der Waals surface area contributed by atoms with Gasteiger partial charge < -0.3 is 30.0 Å². The number of hydrogen-bond donors (Lipinski definition) is 2. The predicted molar refractivity (Wildman–Crippen MR) is 129 cm³/mol. The molecule has 11 heteroatoms. The van der Waals surface area contributed by atoms with Crippen LogP contribution in [0.25, 0.3) is 0 Å². The van der Waals surface area contributed by atoms with E-state index in [2.05, 4.69) is 5.32 Å². The predicted octanol–water partition coefficient (Wildman–Crippen LogP) is -1.66. The van der Waals surface area contributed by atoms with E-state index >= 15 is 0 Å². The van der Waals surface area contributed by atoms with Crippen molar-refractivity contribution in [1.82, 2.24) is 0 Å². The molecule has 3 aromatic rings. The molecule has 3 aromatic carbocycles. The van der Waals surface area contributed by atoms with Gasteiger partial charge in [-0.1, -0.05) is 18.2 Å². The number of para-hydroxylation sites is 1. The Bertz CT molecular complexity index is 1280. The largest absolute Gasteiger partial charge is 1.00 e. The van der Waals surface area contributed by atoms with Crippen molar-refractivity contribution in [2.24, 2.45) is 0 Å². The number of carbonyl (C=O) groups is 2. The van der Waals surface area contributed by atoms with Crippen molar-refractivity contribution >= 4 is 33.1 Å². The molecule has 0 aliphatic heterocycles. The van der Waals surface area contributed by atoms with Gasteiger partial charge in [-0.05, 0) is 60.7 Å². The number of sulfone groups is 1. The van der Waals surface area contributed by atoms with E-state index in [-0.39, 0.29) is 46.1 Å². The SMILES string of the molecule is CN(C)c1ccc(C(=O)Nc2ccc(S(=O)(=O)CC(O)(COc3ccccc3)C(=O)[O-])cc2)cc1.[Na+]. The van der Waals surface area contributed by atoms with Crippen LogP contribution in [0.5, 0.6) is 5.75 Å². The second-order valence-electron chi connectivity index (χ2n) is 8.10. The van der Waals surface area contributed by atoms with Crippen molar-refractivity contribution < 1.29 is 62.5 Å². The first-order chi connectivity index (χ1) is 16.5. The summed E-state index contributed by atoms with van der Waals surface area (Å²) in [6.07, 6.45) is 0. The summed E-state index contributed by atoms with van der Waals surface area (Å²) in [6, 6.07) is 20.2. The minimum atomic E-state index is -4.25. The molecular formula is C25H25N2NaO7S. The van der Waals surface area contributed by atoms with Gasteiger partial charge in [0.2, 0.25) is 0 Å². The van der Waals surface area contributed by atoms with E-state index in [1.165, 1.54) is 36.4 Å². The molecule has 0 bridgehead atoms. The van der Waals surface area contributed by atoms with Crippen LogP contribution in [0.1, 0.15) is 10.4 Å². The van der Waals surface area contributed by atoms with Crippen LogP contribution in [0.15, 0.2) is 83.8 Å². The van der Waals surface area contributed by atoms with Crippen LogP contribution < -0.4 is 49.6 Å². The number of nitrogens with one attached hydrogen (secondary N) is 1. The van der Waals surface area contributed by atoms with Crippen LogP contribution >= 0.6 is 0 Å². The molecule has 0 saturated carbocycles. The van der Waals surface area contributed by atoms with Gasteiger partial charge in [0.25, 0.3) is 5.91 Å². The normalized spacial score (nSPS) is 12.5. The summed E-state index contributed by atoms with van der Waals surface area (Å²) >= 11 is 0. The summed E-state index contributed by atoms with van der Waals surface area (Å²) < 4.78 is 30.9. The number of amides is 1. The third-order valence-electron chi connectivity index (χ3n) is 5.15. The molecule has 0 spiro atoms. The van der Waals surface area contributed by atoms with Crippen LogP contribution in [0.4, 0.5) is 11.4 Å². The van der Waals surface area contributed by atoms with Gasteiger partial charge in [0.15, 0.2) is 15.4 Å². The number of anilines is 2. The fourth-order valence-electron chi connectivity index (χ4n) is 3.14. The van der Waals surface area contributed by atoms with Crippen LogP contribution in [0, 0.1) is 0 Å². The smallest absolute Gasteiger partial charge is 0.547 e. The molecule has 2 N–H and O–H groups in total. The maximum atomic E-state index is 12.8. The average Bonchev–Trinajstić information content (AvgIpc) is 2.83. The zero-order chi connectivity index (χ0) is 25.6. The first-order valence-corrected chi connectivity index (χ1v) is 12.2. The summed E-state index contributed by atoms with van der Waals surface area (Å²) in [5, 5.41) is 24.7. The van der Waals surface area contributed by atoms with E-state index in [1.54, 1.807) is 42.5 Å². The number of nitrogens with zero attached hydrogens (tertiary/aromatic N) is 1. The molecule has 3 rings (SSSR count). The zero-order valence-corrected chi connectivity index (χ0v) is 23.0. The minimum absolute atomic E-state index is 0. The Morgan fingerprint density at radius 3 is 2.08 bits per heavy atom.